The van der Waals surface area contributed by atoms with E-state index in [4.69, 9.17) is 0 Å². The van der Waals surface area contributed by atoms with Gasteiger partial charge in [-0.15, -0.1) is 0 Å². The van der Waals surface area contributed by atoms with Gasteiger partial charge < -0.3 is 0 Å². The zero-order chi connectivity index (χ0) is 9.19. The lowest BCUT2D eigenvalue weighted by Crippen LogP contribution is -2.10. The minimum absolute atomic E-state index is 0.223. The molecule has 0 fully saturated rings. The van der Waals surface area contributed by atoms with Gasteiger partial charge in [0.25, 0.3) is 0 Å². The number of hydrogen-bond donors (Lipinski definition) is 0. The van der Waals surface area contributed by atoms with Crippen molar-refractivity contribution in [2.45, 2.75) is 18.6 Å². The van der Waals surface area contributed by atoms with E-state index in [1.54, 1.807) is 0 Å². The summed E-state index contributed by atoms with van der Waals surface area (Å²) >= 11 is 5.30. The predicted molar refractivity (Wildman–Crippen MR) is 60.7 cm³/mol. The third-order valence-corrected chi connectivity index (χ3v) is 3.83. The Morgan fingerprint density at radius 2 is 1.67 bits per heavy atom. The summed E-state index contributed by atoms with van der Waals surface area (Å²) in [5.41, 5.74) is 1.37. The first-order chi connectivity index (χ1) is 5.56. The highest BCUT2D eigenvalue weighted by Crippen LogP contribution is 2.33. The van der Waals surface area contributed by atoms with Crippen LogP contribution in [0.1, 0.15) is 19.4 Å². The summed E-state index contributed by atoms with van der Waals surface area (Å²) in [5.74, 6) is 0. The second kappa shape index (κ2) is 3.84. The molecule has 0 saturated heterocycles. The molecule has 0 nitrogen and oxygen atoms in total. The van der Waals surface area contributed by atoms with Crippen molar-refractivity contribution in [3.8, 4) is 0 Å². The van der Waals surface area contributed by atoms with Crippen molar-refractivity contribution in [3.63, 3.8) is 0 Å². The summed E-state index contributed by atoms with van der Waals surface area (Å²) in [5, 5.41) is 0. The predicted octanol–water partition coefficient (Wildman–Crippen LogP) is 4.05. The highest BCUT2D eigenvalue weighted by atomic mass is 79.9. The zero-order valence-electron chi connectivity index (χ0n) is 7.60. The molecular formula is C10H13BrS. The first kappa shape index (κ1) is 10.1. The SMILES string of the molecule is CSC(C)(C)c1ccc(Br)cc1. The van der Waals surface area contributed by atoms with Gasteiger partial charge in [0.05, 0.1) is 0 Å². The van der Waals surface area contributed by atoms with Crippen LogP contribution in [0.4, 0.5) is 0 Å². The van der Waals surface area contributed by atoms with Gasteiger partial charge in [0, 0.05) is 9.22 Å². The molecule has 0 heterocycles. The lowest BCUT2D eigenvalue weighted by molar-refractivity contribution is 0.785. The van der Waals surface area contributed by atoms with E-state index in [-0.39, 0.29) is 4.75 Å². The van der Waals surface area contributed by atoms with Gasteiger partial charge in [-0.05, 0) is 37.8 Å². The molecule has 0 spiro atoms. The molecule has 0 radical (unpaired) electrons. The molecule has 0 atom stereocenters. The van der Waals surface area contributed by atoms with Crippen molar-refractivity contribution in [3.05, 3.63) is 34.3 Å². The smallest absolute Gasteiger partial charge is 0.0349 e. The number of benzene rings is 1. The lowest BCUT2D eigenvalue weighted by atomic mass is 10.0. The van der Waals surface area contributed by atoms with Crippen molar-refractivity contribution in [2.24, 2.45) is 0 Å². The van der Waals surface area contributed by atoms with E-state index in [2.05, 4.69) is 60.3 Å². The molecule has 66 valence electrons. The Morgan fingerprint density at radius 1 is 1.17 bits per heavy atom. The van der Waals surface area contributed by atoms with Crippen LogP contribution in [-0.4, -0.2) is 6.26 Å². The van der Waals surface area contributed by atoms with Crippen LogP contribution >= 0.6 is 27.7 Å². The van der Waals surface area contributed by atoms with E-state index in [0.717, 1.165) is 4.47 Å². The fraction of sp³-hybridized carbons (Fsp3) is 0.400. The Balaban J connectivity index is 2.96. The van der Waals surface area contributed by atoms with Crippen LogP contribution < -0.4 is 0 Å². The molecule has 0 unspecified atom stereocenters. The molecular weight excluding hydrogens is 232 g/mol. The maximum absolute atomic E-state index is 3.43. The van der Waals surface area contributed by atoms with Gasteiger partial charge in [-0.3, -0.25) is 0 Å². The Kier molecular flexibility index (Phi) is 3.24. The largest absolute Gasteiger partial charge is 0.154 e. The quantitative estimate of drug-likeness (QED) is 0.757. The summed E-state index contributed by atoms with van der Waals surface area (Å²) in [6, 6.07) is 8.52. The highest BCUT2D eigenvalue weighted by Gasteiger charge is 2.17. The molecule has 0 saturated carbocycles. The van der Waals surface area contributed by atoms with Crippen molar-refractivity contribution in [1.29, 1.82) is 0 Å². The fourth-order valence-electron chi connectivity index (χ4n) is 0.969. The van der Waals surface area contributed by atoms with Crippen molar-refractivity contribution < 1.29 is 0 Å². The molecule has 1 rings (SSSR count). The fourth-order valence-corrected chi connectivity index (χ4v) is 1.61. The van der Waals surface area contributed by atoms with Gasteiger partial charge >= 0.3 is 0 Å². The molecule has 0 aliphatic rings. The van der Waals surface area contributed by atoms with Crippen LogP contribution in [0.5, 0.6) is 0 Å². The molecule has 0 aliphatic heterocycles. The third-order valence-electron chi connectivity index (χ3n) is 2.05. The number of hydrogen-bond acceptors (Lipinski definition) is 1. The highest BCUT2D eigenvalue weighted by molar-refractivity contribution is 9.10. The van der Waals surface area contributed by atoms with Gasteiger partial charge in [-0.25, -0.2) is 0 Å². The minimum Gasteiger partial charge on any atom is -0.154 e. The summed E-state index contributed by atoms with van der Waals surface area (Å²) in [7, 11) is 0. The van der Waals surface area contributed by atoms with E-state index in [1.807, 2.05) is 11.8 Å². The topological polar surface area (TPSA) is 0 Å². The van der Waals surface area contributed by atoms with Gasteiger partial charge in [-0.1, -0.05) is 28.1 Å². The Morgan fingerprint density at radius 3 is 2.08 bits per heavy atom. The van der Waals surface area contributed by atoms with Crippen LogP contribution in [0.3, 0.4) is 0 Å². The van der Waals surface area contributed by atoms with E-state index >= 15 is 0 Å². The first-order valence-corrected chi connectivity index (χ1v) is 5.89. The average molecular weight is 245 g/mol. The van der Waals surface area contributed by atoms with Crippen LogP contribution in [0.2, 0.25) is 0 Å². The average Bonchev–Trinajstić information content (AvgIpc) is 2.05. The molecule has 0 amide bonds. The number of thioether (sulfide) groups is 1. The molecule has 0 N–H and O–H groups in total. The second-order valence-corrected chi connectivity index (χ2v) is 5.57. The standard InChI is InChI=1S/C10H13BrS/c1-10(2,12-3)8-4-6-9(11)7-5-8/h4-7H,1-3H3. The summed E-state index contributed by atoms with van der Waals surface area (Å²) in [4.78, 5) is 0. The van der Waals surface area contributed by atoms with E-state index in [1.165, 1.54) is 5.56 Å². The molecule has 0 bridgehead atoms. The van der Waals surface area contributed by atoms with Crippen molar-refractivity contribution in [2.75, 3.05) is 6.26 Å². The molecule has 0 aliphatic carbocycles. The molecule has 2 heteroatoms. The Labute approximate surface area is 86.9 Å². The number of rotatable bonds is 2. The van der Waals surface area contributed by atoms with E-state index in [0.29, 0.717) is 0 Å². The summed E-state index contributed by atoms with van der Waals surface area (Å²) in [6.45, 7) is 4.47. The molecule has 1 aromatic carbocycles. The summed E-state index contributed by atoms with van der Waals surface area (Å²) < 4.78 is 1.36. The maximum Gasteiger partial charge on any atom is 0.0349 e. The van der Waals surface area contributed by atoms with Gasteiger partial charge in [-0.2, -0.15) is 11.8 Å². The molecule has 0 aromatic heterocycles. The lowest BCUT2D eigenvalue weighted by Gasteiger charge is -2.22. The monoisotopic (exact) mass is 244 g/mol. The normalized spacial score (nSPS) is 11.7. The first-order valence-electron chi connectivity index (χ1n) is 3.87. The van der Waals surface area contributed by atoms with E-state index in [9.17, 15) is 0 Å². The van der Waals surface area contributed by atoms with E-state index < -0.39 is 0 Å². The Hall–Kier alpha value is 0.0500. The van der Waals surface area contributed by atoms with Crippen LogP contribution in [0.25, 0.3) is 0 Å². The van der Waals surface area contributed by atoms with Crippen molar-refractivity contribution >= 4 is 27.7 Å². The third kappa shape index (κ3) is 2.27. The Bertz CT molecular complexity index is 251. The zero-order valence-corrected chi connectivity index (χ0v) is 10.00. The minimum atomic E-state index is 0.223. The van der Waals surface area contributed by atoms with Crippen LogP contribution in [-0.2, 0) is 4.75 Å². The maximum atomic E-state index is 3.43. The molecule has 12 heavy (non-hydrogen) atoms. The summed E-state index contributed by atoms with van der Waals surface area (Å²) in [6.07, 6.45) is 2.14. The van der Waals surface area contributed by atoms with Gasteiger partial charge in [0.2, 0.25) is 0 Å². The van der Waals surface area contributed by atoms with Gasteiger partial charge in [0.15, 0.2) is 0 Å². The van der Waals surface area contributed by atoms with Crippen molar-refractivity contribution in [1.82, 2.24) is 0 Å². The second-order valence-electron chi connectivity index (χ2n) is 3.22. The molecule has 1 aromatic rings. The van der Waals surface area contributed by atoms with Crippen LogP contribution in [0.15, 0.2) is 28.7 Å². The van der Waals surface area contributed by atoms with Crippen LogP contribution in [0, 0.1) is 0 Å². The van der Waals surface area contributed by atoms with Gasteiger partial charge in [0.1, 0.15) is 0 Å². The number of halogens is 1.